The molecule has 144 valence electrons. The Morgan fingerprint density at radius 2 is 1.66 bits per heavy atom. The number of para-hydroxylation sites is 1. The van der Waals surface area contributed by atoms with Gasteiger partial charge in [-0.1, -0.05) is 53.8 Å². The third-order valence-electron chi connectivity index (χ3n) is 4.22. The minimum atomic E-state index is -0.815. The average molecular weight is 408 g/mol. The summed E-state index contributed by atoms with van der Waals surface area (Å²) in [6.07, 6.45) is 0. The Hall–Kier alpha value is -3.65. The molecule has 0 aliphatic heterocycles. The van der Waals surface area contributed by atoms with E-state index < -0.39 is 23.1 Å². The van der Waals surface area contributed by atoms with Gasteiger partial charge in [-0.15, -0.1) is 10.2 Å². The van der Waals surface area contributed by atoms with Crippen molar-refractivity contribution in [3.63, 3.8) is 0 Å². The van der Waals surface area contributed by atoms with Crippen molar-refractivity contribution in [2.75, 3.05) is 11.1 Å². The number of aromatic nitrogens is 2. The molecule has 29 heavy (non-hydrogen) atoms. The Balaban J connectivity index is 1.52. The first-order valence-corrected chi connectivity index (χ1v) is 9.38. The summed E-state index contributed by atoms with van der Waals surface area (Å²) in [6, 6.07) is 17.8. The average Bonchev–Trinajstić information content (AvgIpc) is 3.19. The van der Waals surface area contributed by atoms with Crippen LogP contribution in [0.2, 0.25) is 0 Å². The van der Waals surface area contributed by atoms with Gasteiger partial charge in [0, 0.05) is 16.8 Å². The summed E-state index contributed by atoms with van der Waals surface area (Å²) in [5.41, 5.74) is 9.00. The molecular weight excluding hydrogens is 394 g/mol. The van der Waals surface area contributed by atoms with Crippen molar-refractivity contribution in [2.45, 2.75) is 0 Å². The number of nitrogens with one attached hydrogen (secondary N) is 1. The highest BCUT2D eigenvalue weighted by Gasteiger charge is 2.16. The molecule has 0 unspecified atom stereocenters. The van der Waals surface area contributed by atoms with E-state index in [1.807, 2.05) is 48.5 Å². The highest BCUT2D eigenvalue weighted by Crippen LogP contribution is 2.30. The number of benzene rings is 3. The van der Waals surface area contributed by atoms with Crippen LogP contribution in [-0.4, -0.2) is 16.1 Å². The van der Waals surface area contributed by atoms with Crippen molar-refractivity contribution in [3.05, 3.63) is 83.9 Å². The lowest BCUT2D eigenvalue weighted by Crippen LogP contribution is -2.13. The van der Waals surface area contributed by atoms with Crippen LogP contribution in [0.25, 0.3) is 21.7 Å². The summed E-state index contributed by atoms with van der Waals surface area (Å²) >= 11 is 1.13. The molecule has 1 heterocycles. The fourth-order valence-electron chi connectivity index (χ4n) is 2.78. The van der Waals surface area contributed by atoms with E-state index in [1.165, 1.54) is 0 Å². The SMILES string of the molecule is Nc1ccccc1-c1ccc(-c2nnc(NC(=O)c3cc(F)ccc3F)s2)cc1. The Kier molecular flexibility index (Phi) is 5.01. The molecule has 1 aromatic heterocycles. The van der Waals surface area contributed by atoms with E-state index in [0.717, 1.165) is 46.2 Å². The van der Waals surface area contributed by atoms with Crippen molar-refractivity contribution in [2.24, 2.45) is 0 Å². The van der Waals surface area contributed by atoms with E-state index in [1.54, 1.807) is 0 Å². The minimum absolute atomic E-state index is 0.185. The highest BCUT2D eigenvalue weighted by molar-refractivity contribution is 7.18. The summed E-state index contributed by atoms with van der Waals surface area (Å²) in [4.78, 5) is 12.2. The molecule has 0 atom stereocenters. The van der Waals surface area contributed by atoms with Gasteiger partial charge in [-0.3, -0.25) is 10.1 Å². The van der Waals surface area contributed by atoms with Crippen molar-refractivity contribution in [1.82, 2.24) is 10.2 Å². The molecule has 0 spiro atoms. The van der Waals surface area contributed by atoms with Gasteiger partial charge in [0.05, 0.1) is 5.56 Å². The lowest BCUT2D eigenvalue weighted by Gasteiger charge is -2.06. The summed E-state index contributed by atoms with van der Waals surface area (Å²) in [7, 11) is 0. The zero-order chi connectivity index (χ0) is 20.4. The maximum atomic E-state index is 13.7. The van der Waals surface area contributed by atoms with Gasteiger partial charge in [0.2, 0.25) is 5.13 Å². The van der Waals surface area contributed by atoms with Crippen LogP contribution in [0.5, 0.6) is 0 Å². The fourth-order valence-corrected chi connectivity index (χ4v) is 3.52. The number of hydrogen-bond donors (Lipinski definition) is 2. The van der Waals surface area contributed by atoms with Gasteiger partial charge < -0.3 is 5.73 Å². The number of nitrogens with two attached hydrogens (primary N) is 1. The molecule has 0 fully saturated rings. The number of nitrogens with zero attached hydrogens (tertiary/aromatic N) is 2. The van der Waals surface area contributed by atoms with Crippen molar-refractivity contribution in [3.8, 4) is 21.7 Å². The van der Waals surface area contributed by atoms with E-state index in [4.69, 9.17) is 5.73 Å². The molecule has 4 rings (SSSR count). The first-order valence-electron chi connectivity index (χ1n) is 8.56. The summed E-state index contributed by atoms with van der Waals surface area (Å²) < 4.78 is 27.0. The van der Waals surface area contributed by atoms with E-state index in [2.05, 4.69) is 15.5 Å². The molecule has 8 heteroatoms. The monoisotopic (exact) mass is 408 g/mol. The number of carbonyl (C=O) groups is 1. The molecule has 3 N–H and O–H groups in total. The van der Waals surface area contributed by atoms with E-state index in [-0.39, 0.29) is 5.13 Å². The van der Waals surface area contributed by atoms with Crippen LogP contribution >= 0.6 is 11.3 Å². The number of rotatable bonds is 4. The van der Waals surface area contributed by atoms with Gasteiger partial charge in [-0.25, -0.2) is 8.78 Å². The standard InChI is InChI=1S/C21H14F2N4OS/c22-14-9-10-17(23)16(11-14)19(28)25-21-27-26-20(29-21)13-7-5-12(6-8-13)15-3-1-2-4-18(15)24/h1-11H,24H2,(H,25,27,28). The second kappa shape index (κ2) is 7.76. The third-order valence-corrected chi connectivity index (χ3v) is 5.11. The van der Waals surface area contributed by atoms with Gasteiger partial charge in [0.1, 0.15) is 16.6 Å². The number of carbonyl (C=O) groups excluding carboxylic acids is 1. The molecule has 0 saturated heterocycles. The summed E-state index contributed by atoms with van der Waals surface area (Å²) in [5, 5.41) is 11.2. The van der Waals surface area contributed by atoms with Crippen molar-refractivity contribution in [1.29, 1.82) is 0 Å². The second-order valence-electron chi connectivity index (χ2n) is 6.16. The molecule has 0 aliphatic carbocycles. The quantitative estimate of drug-likeness (QED) is 0.467. The van der Waals surface area contributed by atoms with Crippen LogP contribution in [0.15, 0.2) is 66.7 Å². The smallest absolute Gasteiger partial charge is 0.260 e. The molecule has 3 aromatic carbocycles. The molecule has 0 bridgehead atoms. The number of halogens is 2. The Morgan fingerprint density at radius 1 is 0.931 bits per heavy atom. The number of hydrogen-bond acceptors (Lipinski definition) is 5. The Bertz CT molecular complexity index is 1190. The van der Waals surface area contributed by atoms with Crippen LogP contribution in [0.3, 0.4) is 0 Å². The first-order chi connectivity index (χ1) is 14.0. The van der Waals surface area contributed by atoms with Crippen LogP contribution in [0.4, 0.5) is 19.6 Å². The number of anilines is 2. The van der Waals surface area contributed by atoms with E-state index >= 15 is 0 Å². The topological polar surface area (TPSA) is 80.9 Å². The van der Waals surface area contributed by atoms with Crippen molar-refractivity contribution < 1.29 is 13.6 Å². The molecule has 0 aliphatic rings. The van der Waals surface area contributed by atoms with Gasteiger partial charge in [0.15, 0.2) is 0 Å². The fraction of sp³-hybridized carbons (Fsp3) is 0. The predicted molar refractivity (Wildman–Crippen MR) is 110 cm³/mol. The number of nitrogen functional groups attached to an aromatic ring is 1. The highest BCUT2D eigenvalue weighted by atomic mass is 32.1. The molecular formula is C21H14F2N4OS. The zero-order valence-corrected chi connectivity index (χ0v) is 15.7. The summed E-state index contributed by atoms with van der Waals surface area (Å²) in [5.74, 6) is -2.31. The molecule has 5 nitrogen and oxygen atoms in total. The molecule has 4 aromatic rings. The van der Waals surface area contributed by atoms with E-state index in [9.17, 15) is 13.6 Å². The van der Waals surface area contributed by atoms with E-state index in [0.29, 0.717) is 10.7 Å². The van der Waals surface area contributed by atoms with Gasteiger partial charge in [-0.2, -0.15) is 0 Å². The summed E-state index contributed by atoms with van der Waals surface area (Å²) in [6.45, 7) is 0. The third kappa shape index (κ3) is 3.97. The predicted octanol–water partition coefficient (Wildman–Crippen LogP) is 4.98. The van der Waals surface area contributed by atoms with Crippen LogP contribution in [-0.2, 0) is 0 Å². The lowest BCUT2D eigenvalue weighted by molar-refractivity contribution is 0.102. The Labute approximate surface area is 168 Å². The largest absolute Gasteiger partial charge is 0.398 e. The second-order valence-corrected chi connectivity index (χ2v) is 7.13. The van der Waals surface area contributed by atoms with Crippen LogP contribution in [0.1, 0.15) is 10.4 Å². The molecule has 0 saturated carbocycles. The van der Waals surface area contributed by atoms with Crippen molar-refractivity contribution >= 4 is 28.1 Å². The van der Waals surface area contributed by atoms with Crippen LogP contribution < -0.4 is 11.1 Å². The maximum Gasteiger partial charge on any atom is 0.260 e. The number of amides is 1. The van der Waals surface area contributed by atoms with Gasteiger partial charge in [0.25, 0.3) is 5.91 Å². The lowest BCUT2D eigenvalue weighted by atomic mass is 10.0. The molecule has 0 radical (unpaired) electrons. The normalized spacial score (nSPS) is 10.7. The molecule has 1 amide bonds. The van der Waals surface area contributed by atoms with Gasteiger partial charge >= 0.3 is 0 Å². The minimum Gasteiger partial charge on any atom is -0.398 e. The van der Waals surface area contributed by atoms with Gasteiger partial charge in [-0.05, 0) is 29.8 Å². The Morgan fingerprint density at radius 3 is 2.41 bits per heavy atom. The van der Waals surface area contributed by atoms with Crippen LogP contribution in [0, 0.1) is 11.6 Å². The first kappa shape index (κ1) is 18.7. The maximum absolute atomic E-state index is 13.7. The zero-order valence-electron chi connectivity index (χ0n) is 14.9.